The maximum absolute atomic E-state index is 13.3. The summed E-state index contributed by atoms with van der Waals surface area (Å²) >= 11 is 5.73. The molecule has 0 atom stereocenters. The number of carbonyl (C=O) groups is 2. The number of nitrogens with one attached hydrogen (secondary N) is 1. The van der Waals surface area contributed by atoms with Gasteiger partial charge in [-0.25, -0.2) is 9.18 Å². The number of aliphatic carboxylic acids is 1. The molecule has 0 unspecified atom stereocenters. The minimum atomic E-state index is -5.15. The minimum Gasteiger partial charge on any atom is -0.495 e. The van der Waals surface area contributed by atoms with Gasteiger partial charge in [0.2, 0.25) is 0 Å². The van der Waals surface area contributed by atoms with Crippen LogP contribution in [0.3, 0.4) is 0 Å². The molecule has 10 heteroatoms. The maximum Gasteiger partial charge on any atom is 0.471 e. The van der Waals surface area contributed by atoms with E-state index < -0.39 is 36.0 Å². The number of amides is 1. The van der Waals surface area contributed by atoms with Gasteiger partial charge in [-0.05, 0) is 18.2 Å². The molecule has 0 radical (unpaired) electrons. The normalized spacial score (nSPS) is 12.0. The molecular formula is C13H10ClF4NO4. The highest BCUT2D eigenvalue weighted by Gasteiger charge is 2.38. The number of alkyl halides is 3. The fourth-order valence-corrected chi connectivity index (χ4v) is 1.85. The van der Waals surface area contributed by atoms with Gasteiger partial charge in [0.25, 0.3) is 0 Å². The van der Waals surface area contributed by atoms with Crippen molar-refractivity contribution in [3.05, 3.63) is 34.1 Å². The Morgan fingerprint density at radius 1 is 1.39 bits per heavy atom. The lowest BCUT2D eigenvalue weighted by Crippen LogP contribution is -2.38. The second-order valence-electron chi connectivity index (χ2n) is 4.17. The molecule has 1 rings (SSSR count). The number of halogens is 5. The summed E-state index contributed by atoms with van der Waals surface area (Å²) in [7, 11) is 1.20. The zero-order valence-corrected chi connectivity index (χ0v) is 12.3. The summed E-state index contributed by atoms with van der Waals surface area (Å²) in [5.74, 6) is -4.76. The number of methoxy groups -OCH3 is 1. The zero-order valence-electron chi connectivity index (χ0n) is 11.5. The van der Waals surface area contributed by atoms with Gasteiger partial charge in [0.05, 0.1) is 24.3 Å². The van der Waals surface area contributed by atoms with Gasteiger partial charge in [-0.15, -0.1) is 0 Å². The molecule has 0 bridgehead atoms. The molecule has 23 heavy (non-hydrogen) atoms. The van der Waals surface area contributed by atoms with E-state index in [4.69, 9.17) is 21.4 Å². The van der Waals surface area contributed by atoms with Crippen LogP contribution < -0.4 is 10.1 Å². The highest BCUT2D eigenvalue weighted by Crippen LogP contribution is 2.31. The second-order valence-corrected chi connectivity index (χ2v) is 4.57. The summed E-state index contributed by atoms with van der Waals surface area (Å²) in [6.07, 6.45) is -4.30. The van der Waals surface area contributed by atoms with Gasteiger partial charge < -0.3 is 15.2 Å². The molecule has 0 heterocycles. The number of carbonyl (C=O) groups excluding carboxylic acids is 1. The number of ether oxygens (including phenoxy) is 1. The van der Waals surface area contributed by atoms with E-state index in [2.05, 4.69) is 0 Å². The smallest absolute Gasteiger partial charge is 0.471 e. The first kappa shape index (κ1) is 18.8. The van der Waals surface area contributed by atoms with E-state index >= 15 is 0 Å². The van der Waals surface area contributed by atoms with E-state index in [0.29, 0.717) is 0 Å². The molecule has 0 fully saturated rings. The fraction of sp³-hybridized carbons (Fsp3) is 0.231. The maximum atomic E-state index is 13.3. The van der Waals surface area contributed by atoms with Crippen molar-refractivity contribution in [1.82, 2.24) is 5.32 Å². The van der Waals surface area contributed by atoms with Gasteiger partial charge in [-0.1, -0.05) is 11.6 Å². The van der Waals surface area contributed by atoms with Crippen molar-refractivity contribution in [2.24, 2.45) is 0 Å². The third-order valence-corrected chi connectivity index (χ3v) is 2.82. The molecule has 2 N–H and O–H groups in total. The van der Waals surface area contributed by atoms with Gasteiger partial charge in [0, 0.05) is 5.56 Å². The lowest BCUT2D eigenvalue weighted by atomic mass is 10.1. The third-order valence-electron chi connectivity index (χ3n) is 2.54. The quantitative estimate of drug-likeness (QED) is 0.629. The van der Waals surface area contributed by atoms with Gasteiger partial charge >= 0.3 is 18.1 Å². The Morgan fingerprint density at radius 3 is 2.48 bits per heavy atom. The SMILES string of the molecule is COc1c(Cl)cc(F)cc1C=C(CNC(=O)C(F)(F)F)C(=O)O. The number of carboxylic acids is 1. The van der Waals surface area contributed by atoms with Crippen molar-refractivity contribution in [2.75, 3.05) is 13.7 Å². The lowest BCUT2D eigenvalue weighted by Gasteiger charge is -2.10. The van der Waals surface area contributed by atoms with Crippen LogP contribution in [0, 0.1) is 5.82 Å². The standard InChI is InChI=1S/C13H10ClF4NO4/c1-23-10-6(3-8(15)4-9(10)14)2-7(11(20)21)5-19-12(22)13(16,17)18/h2-4H,5H2,1H3,(H,19,22)(H,20,21). The number of hydrogen-bond donors (Lipinski definition) is 2. The van der Waals surface area contributed by atoms with Crippen LogP contribution in [0.2, 0.25) is 5.02 Å². The fourth-order valence-electron chi connectivity index (χ4n) is 1.55. The van der Waals surface area contributed by atoms with E-state index in [1.54, 1.807) is 0 Å². The summed E-state index contributed by atoms with van der Waals surface area (Å²) in [5.41, 5.74) is -0.723. The minimum absolute atomic E-state index is 0.0611. The van der Waals surface area contributed by atoms with Crippen molar-refractivity contribution >= 4 is 29.6 Å². The van der Waals surface area contributed by atoms with Crippen LogP contribution in [0.1, 0.15) is 5.56 Å². The predicted octanol–water partition coefficient (Wildman–Crippen LogP) is 2.63. The summed E-state index contributed by atoms with van der Waals surface area (Å²) in [6, 6.07) is 1.81. The molecule has 0 aromatic heterocycles. The summed E-state index contributed by atoms with van der Waals surface area (Å²) < 4.78 is 54.5. The molecule has 1 aromatic rings. The van der Waals surface area contributed by atoms with Crippen molar-refractivity contribution < 1.29 is 37.0 Å². The number of hydrogen-bond acceptors (Lipinski definition) is 3. The van der Waals surface area contributed by atoms with Crippen LogP contribution in [-0.4, -0.2) is 36.8 Å². The molecule has 0 aliphatic heterocycles. The molecule has 0 saturated carbocycles. The molecule has 0 saturated heterocycles. The van der Waals surface area contributed by atoms with E-state index in [9.17, 15) is 27.2 Å². The first-order chi connectivity index (χ1) is 10.6. The Balaban J connectivity index is 3.14. The van der Waals surface area contributed by atoms with Gasteiger partial charge in [0.15, 0.2) is 0 Å². The Labute approximate surface area is 132 Å². The van der Waals surface area contributed by atoms with Crippen LogP contribution in [0.25, 0.3) is 6.08 Å². The highest BCUT2D eigenvalue weighted by molar-refractivity contribution is 6.32. The van der Waals surface area contributed by atoms with Crippen LogP contribution in [0.5, 0.6) is 5.75 Å². The summed E-state index contributed by atoms with van der Waals surface area (Å²) in [6.45, 7) is -0.926. The van der Waals surface area contributed by atoms with Crippen molar-refractivity contribution in [3.63, 3.8) is 0 Å². The third kappa shape index (κ3) is 5.13. The van der Waals surface area contributed by atoms with Crippen LogP contribution in [0.15, 0.2) is 17.7 Å². The number of carboxylic acid groups (broad SMARTS) is 1. The predicted molar refractivity (Wildman–Crippen MR) is 72.6 cm³/mol. The largest absolute Gasteiger partial charge is 0.495 e. The summed E-state index contributed by atoms with van der Waals surface area (Å²) in [4.78, 5) is 21.8. The van der Waals surface area contributed by atoms with Gasteiger partial charge in [0.1, 0.15) is 11.6 Å². The van der Waals surface area contributed by atoms with Crippen LogP contribution in [0.4, 0.5) is 17.6 Å². The van der Waals surface area contributed by atoms with Crippen molar-refractivity contribution in [3.8, 4) is 5.75 Å². The molecule has 1 amide bonds. The van der Waals surface area contributed by atoms with Crippen LogP contribution in [-0.2, 0) is 9.59 Å². The molecule has 0 spiro atoms. The molecule has 0 aliphatic carbocycles. The average Bonchev–Trinajstić information content (AvgIpc) is 2.41. The van der Waals surface area contributed by atoms with Gasteiger partial charge in [-0.2, -0.15) is 13.2 Å². The first-order valence-corrected chi connectivity index (χ1v) is 6.26. The van der Waals surface area contributed by atoms with E-state index in [0.717, 1.165) is 18.2 Å². The molecule has 1 aromatic carbocycles. The first-order valence-electron chi connectivity index (χ1n) is 5.88. The number of benzene rings is 1. The second kappa shape index (κ2) is 7.32. The molecule has 126 valence electrons. The highest BCUT2D eigenvalue weighted by atomic mass is 35.5. The molecular weight excluding hydrogens is 346 g/mol. The van der Waals surface area contributed by atoms with E-state index in [1.165, 1.54) is 12.4 Å². The molecule has 0 aliphatic rings. The van der Waals surface area contributed by atoms with E-state index in [-0.39, 0.29) is 16.3 Å². The van der Waals surface area contributed by atoms with Crippen LogP contribution >= 0.6 is 11.6 Å². The Kier molecular flexibility index (Phi) is 5.97. The van der Waals surface area contributed by atoms with Crippen molar-refractivity contribution in [2.45, 2.75) is 6.18 Å². The number of rotatable bonds is 5. The van der Waals surface area contributed by atoms with Crippen molar-refractivity contribution in [1.29, 1.82) is 0 Å². The van der Waals surface area contributed by atoms with E-state index in [1.807, 2.05) is 0 Å². The lowest BCUT2D eigenvalue weighted by molar-refractivity contribution is -0.173. The van der Waals surface area contributed by atoms with Gasteiger partial charge in [-0.3, -0.25) is 4.79 Å². The monoisotopic (exact) mass is 355 g/mol. The Morgan fingerprint density at radius 2 is 2.00 bits per heavy atom. The summed E-state index contributed by atoms with van der Waals surface area (Å²) in [5, 5.41) is 10.2. The molecule has 5 nitrogen and oxygen atoms in total. The topological polar surface area (TPSA) is 75.6 Å². The Bertz CT molecular complexity index is 658. The zero-order chi connectivity index (χ0) is 17.8. The Hall–Kier alpha value is -2.29. The average molecular weight is 356 g/mol.